The number of benzene rings is 1. The Labute approximate surface area is 185 Å². The molecule has 0 saturated heterocycles. The Morgan fingerprint density at radius 2 is 1.44 bits per heavy atom. The molecular formula is C21H29N3O8. The first-order valence-electron chi connectivity index (χ1n) is 10.1. The first kappa shape index (κ1) is 26.4. The summed E-state index contributed by atoms with van der Waals surface area (Å²) < 4.78 is 0. The molecule has 0 saturated carbocycles. The fourth-order valence-electron chi connectivity index (χ4n) is 2.94. The molecule has 0 heterocycles. The van der Waals surface area contributed by atoms with Gasteiger partial charge in [0.1, 0.15) is 12.1 Å². The average Bonchev–Trinajstić information content (AvgIpc) is 2.72. The van der Waals surface area contributed by atoms with Gasteiger partial charge in [0.05, 0.1) is 0 Å². The molecule has 1 rings (SSSR count). The summed E-state index contributed by atoms with van der Waals surface area (Å²) in [6, 6.07) is 5.70. The maximum Gasteiger partial charge on any atom is 0.326 e. The van der Waals surface area contributed by atoms with E-state index in [1.54, 1.807) is 4.90 Å². The lowest BCUT2D eigenvalue weighted by atomic mass is 10.1. The van der Waals surface area contributed by atoms with Gasteiger partial charge in [-0.15, -0.1) is 0 Å². The van der Waals surface area contributed by atoms with E-state index in [4.69, 9.17) is 10.2 Å². The topological polar surface area (TPSA) is 173 Å². The standard InChI is InChI=1S/C21H29N3O8/c1-14(25)24(13-15-7-3-2-4-8-15)12-6-5-9-16(19(28)29)22-21(32)23-17(20(30)31)10-11-18(26)27/h2-4,7-8,16-17H,5-6,9-13H2,1H3,(H,26,27)(H,28,29)(H,30,31)(H2,22,23,32)/t16-,17-/m0/s1. The third-order valence-corrected chi connectivity index (χ3v) is 4.69. The van der Waals surface area contributed by atoms with Gasteiger partial charge in [0, 0.05) is 26.4 Å². The Morgan fingerprint density at radius 3 is 1.94 bits per heavy atom. The number of urea groups is 1. The number of carboxylic acid groups (broad SMARTS) is 3. The first-order chi connectivity index (χ1) is 15.1. The van der Waals surface area contributed by atoms with Crippen molar-refractivity contribution in [3.05, 3.63) is 35.9 Å². The van der Waals surface area contributed by atoms with Crippen molar-refractivity contribution in [3.8, 4) is 0 Å². The Hall–Kier alpha value is -3.63. The van der Waals surface area contributed by atoms with Gasteiger partial charge >= 0.3 is 23.9 Å². The summed E-state index contributed by atoms with van der Waals surface area (Å²) in [6.45, 7) is 2.31. The van der Waals surface area contributed by atoms with Crippen LogP contribution in [-0.4, -0.2) is 68.7 Å². The second-order valence-corrected chi connectivity index (χ2v) is 7.25. The van der Waals surface area contributed by atoms with Crippen LogP contribution in [0.25, 0.3) is 0 Å². The number of carbonyl (C=O) groups is 5. The zero-order valence-electron chi connectivity index (χ0n) is 17.8. The molecule has 0 unspecified atom stereocenters. The van der Waals surface area contributed by atoms with Crippen molar-refractivity contribution in [2.75, 3.05) is 6.54 Å². The number of unbranched alkanes of at least 4 members (excludes halogenated alkanes) is 1. The van der Waals surface area contributed by atoms with Crippen LogP contribution in [0, 0.1) is 0 Å². The van der Waals surface area contributed by atoms with Crippen molar-refractivity contribution in [1.29, 1.82) is 0 Å². The largest absolute Gasteiger partial charge is 0.481 e. The number of nitrogens with one attached hydrogen (secondary N) is 2. The summed E-state index contributed by atoms with van der Waals surface area (Å²) in [5, 5.41) is 31.3. The minimum Gasteiger partial charge on any atom is -0.481 e. The van der Waals surface area contributed by atoms with Crippen LogP contribution in [0.3, 0.4) is 0 Å². The van der Waals surface area contributed by atoms with Gasteiger partial charge in [0.25, 0.3) is 0 Å². The summed E-state index contributed by atoms with van der Waals surface area (Å²) in [7, 11) is 0. The number of aliphatic carboxylic acids is 3. The van der Waals surface area contributed by atoms with Gasteiger partial charge in [-0.1, -0.05) is 30.3 Å². The van der Waals surface area contributed by atoms with E-state index in [1.165, 1.54) is 6.92 Å². The van der Waals surface area contributed by atoms with Gasteiger partial charge in [-0.25, -0.2) is 14.4 Å². The normalized spacial score (nSPS) is 12.3. The summed E-state index contributed by atoms with van der Waals surface area (Å²) in [6.07, 6.45) is 0.188. The number of amides is 3. The van der Waals surface area contributed by atoms with Crippen LogP contribution in [0.4, 0.5) is 4.79 Å². The van der Waals surface area contributed by atoms with Crippen LogP contribution < -0.4 is 10.6 Å². The third-order valence-electron chi connectivity index (χ3n) is 4.69. The van der Waals surface area contributed by atoms with Crippen molar-refractivity contribution >= 4 is 29.8 Å². The van der Waals surface area contributed by atoms with Crippen molar-refractivity contribution in [2.24, 2.45) is 0 Å². The monoisotopic (exact) mass is 451 g/mol. The van der Waals surface area contributed by atoms with Gasteiger partial charge in [-0.05, 0) is 31.2 Å². The van der Waals surface area contributed by atoms with E-state index in [1.807, 2.05) is 30.3 Å². The second-order valence-electron chi connectivity index (χ2n) is 7.25. The van der Waals surface area contributed by atoms with Gasteiger partial charge in [-0.3, -0.25) is 9.59 Å². The fourth-order valence-corrected chi connectivity index (χ4v) is 2.94. The molecule has 0 fully saturated rings. The summed E-state index contributed by atoms with van der Waals surface area (Å²) in [5.41, 5.74) is 0.973. The molecule has 11 nitrogen and oxygen atoms in total. The Morgan fingerprint density at radius 1 is 0.875 bits per heavy atom. The van der Waals surface area contributed by atoms with E-state index in [2.05, 4.69) is 10.6 Å². The van der Waals surface area contributed by atoms with E-state index >= 15 is 0 Å². The van der Waals surface area contributed by atoms with E-state index in [9.17, 15) is 29.1 Å². The molecule has 176 valence electrons. The zero-order valence-corrected chi connectivity index (χ0v) is 17.8. The molecule has 0 aliphatic carbocycles. The molecule has 0 radical (unpaired) electrons. The van der Waals surface area contributed by atoms with E-state index in [-0.39, 0.29) is 18.7 Å². The van der Waals surface area contributed by atoms with Gasteiger partial charge in [-0.2, -0.15) is 0 Å². The molecule has 0 bridgehead atoms. The predicted molar refractivity (Wildman–Crippen MR) is 113 cm³/mol. The predicted octanol–water partition coefficient (Wildman–Crippen LogP) is 1.28. The van der Waals surface area contributed by atoms with Crippen LogP contribution in [0.2, 0.25) is 0 Å². The minimum absolute atomic E-state index is 0.0761. The highest BCUT2D eigenvalue weighted by molar-refractivity contribution is 5.86. The molecule has 0 spiro atoms. The molecule has 1 aromatic rings. The van der Waals surface area contributed by atoms with Crippen LogP contribution in [0.15, 0.2) is 30.3 Å². The molecule has 0 aromatic heterocycles. The molecule has 0 aliphatic heterocycles. The van der Waals surface area contributed by atoms with E-state index in [0.29, 0.717) is 25.9 Å². The SMILES string of the molecule is CC(=O)N(CCCC[C@H](NC(=O)N[C@@H](CCC(=O)O)C(=O)O)C(=O)O)Cc1ccccc1. The fraction of sp³-hybridized carbons (Fsp3) is 0.476. The molecule has 5 N–H and O–H groups in total. The molecule has 2 atom stereocenters. The number of hydrogen-bond donors (Lipinski definition) is 5. The minimum atomic E-state index is -1.46. The van der Waals surface area contributed by atoms with Crippen molar-refractivity contribution in [1.82, 2.24) is 15.5 Å². The molecule has 11 heteroatoms. The van der Waals surface area contributed by atoms with Crippen LogP contribution in [-0.2, 0) is 25.7 Å². The maximum absolute atomic E-state index is 12.0. The molecule has 1 aromatic carbocycles. The van der Waals surface area contributed by atoms with Crippen LogP contribution in [0.1, 0.15) is 44.6 Å². The van der Waals surface area contributed by atoms with Crippen LogP contribution in [0.5, 0.6) is 0 Å². The van der Waals surface area contributed by atoms with Crippen molar-refractivity contribution < 1.29 is 39.3 Å². The second kappa shape index (κ2) is 13.6. The molecule has 32 heavy (non-hydrogen) atoms. The highest BCUT2D eigenvalue weighted by Crippen LogP contribution is 2.09. The lowest BCUT2D eigenvalue weighted by molar-refractivity contribution is -0.140. The molecule has 0 aliphatic rings. The Balaban J connectivity index is 2.52. The zero-order chi connectivity index (χ0) is 24.1. The van der Waals surface area contributed by atoms with Crippen molar-refractivity contribution in [2.45, 2.75) is 57.7 Å². The smallest absolute Gasteiger partial charge is 0.326 e. The van der Waals surface area contributed by atoms with Gasteiger partial charge in [0.2, 0.25) is 5.91 Å². The average molecular weight is 451 g/mol. The summed E-state index contributed by atoms with van der Waals surface area (Å²) in [4.78, 5) is 58.7. The quantitative estimate of drug-likeness (QED) is 0.263. The van der Waals surface area contributed by atoms with E-state index in [0.717, 1.165) is 5.56 Å². The summed E-state index contributed by atoms with van der Waals surface area (Å²) in [5.74, 6) is -4.03. The Bertz CT molecular complexity index is 799. The van der Waals surface area contributed by atoms with Crippen LogP contribution >= 0.6 is 0 Å². The van der Waals surface area contributed by atoms with Gasteiger partial charge in [0.15, 0.2) is 0 Å². The highest BCUT2D eigenvalue weighted by Gasteiger charge is 2.24. The molecule has 3 amide bonds. The highest BCUT2D eigenvalue weighted by atomic mass is 16.4. The van der Waals surface area contributed by atoms with Gasteiger partial charge < -0.3 is 30.9 Å². The number of hydrogen-bond acceptors (Lipinski definition) is 5. The maximum atomic E-state index is 12.0. The first-order valence-corrected chi connectivity index (χ1v) is 10.1. The Kier molecular flexibility index (Phi) is 11.2. The lowest BCUT2D eigenvalue weighted by Gasteiger charge is -2.22. The van der Waals surface area contributed by atoms with E-state index < -0.39 is 42.4 Å². The lowest BCUT2D eigenvalue weighted by Crippen LogP contribution is -2.51. The number of carboxylic acids is 3. The van der Waals surface area contributed by atoms with Crippen molar-refractivity contribution in [3.63, 3.8) is 0 Å². The number of carbonyl (C=O) groups excluding carboxylic acids is 2. The molecular weight excluding hydrogens is 422 g/mol. The number of rotatable bonds is 14. The number of nitrogens with zero attached hydrogens (tertiary/aromatic N) is 1. The summed E-state index contributed by atoms with van der Waals surface area (Å²) >= 11 is 0. The third kappa shape index (κ3) is 10.4.